The Morgan fingerprint density at radius 2 is 1.50 bits per heavy atom. The van der Waals surface area contributed by atoms with E-state index in [1.54, 1.807) is 4.90 Å². The Kier molecular flexibility index (Phi) is 4.01. The Balaban J connectivity index is 1.71. The normalized spacial score (nSPS) is 19.2. The number of β-lactam (4-membered cyclic amide) rings is 1. The molecule has 1 N–H and O–H groups in total. The minimum Gasteiger partial charge on any atom is -0.304 e. The van der Waals surface area contributed by atoms with E-state index in [4.69, 9.17) is 0 Å². The van der Waals surface area contributed by atoms with Crippen molar-refractivity contribution >= 4 is 11.6 Å². The summed E-state index contributed by atoms with van der Waals surface area (Å²) < 4.78 is 1.38. The number of H-pyrrole nitrogens is 1. The molecule has 2 heterocycles. The molecule has 6 nitrogen and oxygen atoms in total. The van der Waals surface area contributed by atoms with Crippen molar-refractivity contribution in [3.05, 3.63) is 99.3 Å². The average Bonchev–Trinajstić information content (AvgIpc) is 2.66. The molecule has 0 radical (unpaired) electrons. The number of benzene rings is 2. The largest absolute Gasteiger partial charge is 0.328 e. The molecule has 6 heteroatoms. The average molecular weight is 347 g/mol. The van der Waals surface area contributed by atoms with E-state index in [1.165, 1.54) is 16.8 Å². The topological polar surface area (TPSA) is 75.2 Å². The lowest BCUT2D eigenvalue weighted by molar-refractivity contribution is -0.131. The van der Waals surface area contributed by atoms with Crippen LogP contribution >= 0.6 is 0 Å². The number of carbonyl (C=O) groups is 1. The predicted molar refractivity (Wildman–Crippen MR) is 97.9 cm³/mol. The molecule has 1 aromatic heterocycles. The first-order valence-corrected chi connectivity index (χ1v) is 8.38. The van der Waals surface area contributed by atoms with Crippen LogP contribution in [0.15, 0.2) is 82.5 Å². The zero-order valence-electron chi connectivity index (χ0n) is 13.9. The Bertz CT molecular complexity index is 1040. The van der Waals surface area contributed by atoms with Crippen LogP contribution < -0.4 is 16.1 Å². The first-order chi connectivity index (χ1) is 12.6. The van der Waals surface area contributed by atoms with Crippen LogP contribution in [0.5, 0.6) is 0 Å². The minimum atomic E-state index is -0.504. The zero-order valence-corrected chi connectivity index (χ0v) is 13.9. The molecule has 26 heavy (non-hydrogen) atoms. The fourth-order valence-corrected chi connectivity index (χ4v) is 3.43. The minimum absolute atomic E-state index is 0.0387. The standard InChI is InChI=1S/C20H17N3O3/c24-17-11-12-22(20(26)21-17)13-16-18(14-7-3-1-4-8-14)23(19(16)25)15-9-5-2-6-10-15/h1-12,16,18H,13H2,(H,21,24,26)/t16-,18-/m1/s1. The fraction of sp³-hybridized carbons (Fsp3) is 0.150. The first kappa shape index (κ1) is 16.1. The van der Waals surface area contributed by atoms with Gasteiger partial charge < -0.3 is 4.90 Å². The number of hydrogen-bond acceptors (Lipinski definition) is 3. The molecule has 1 fully saturated rings. The molecule has 0 unspecified atom stereocenters. The van der Waals surface area contributed by atoms with Crippen molar-refractivity contribution in [3.8, 4) is 0 Å². The molecule has 3 aromatic rings. The second-order valence-electron chi connectivity index (χ2n) is 6.27. The third-order valence-electron chi connectivity index (χ3n) is 4.68. The van der Waals surface area contributed by atoms with Crippen LogP contribution in [-0.4, -0.2) is 15.5 Å². The van der Waals surface area contributed by atoms with Crippen molar-refractivity contribution < 1.29 is 4.79 Å². The summed E-state index contributed by atoms with van der Waals surface area (Å²) in [5.41, 5.74) is 0.891. The molecule has 0 saturated carbocycles. The molecular formula is C20H17N3O3. The Morgan fingerprint density at radius 1 is 0.846 bits per heavy atom. The third-order valence-corrected chi connectivity index (χ3v) is 4.68. The number of nitrogens with one attached hydrogen (secondary N) is 1. The van der Waals surface area contributed by atoms with Gasteiger partial charge in [-0.1, -0.05) is 48.5 Å². The lowest BCUT2D eigenvalue weighted by atomic mass is 9.81. The highest BCUT2D eigenvalue weighted by Gasteiger charge is 2.48. The highest BCUT2D eigenvalue weighted by atomic mass is 16.2. The highest BCUT2D eigenvalue weighted by molar-refractivity contribution is 6.03. The van der Waals surface area contributed by atoms with Crippen molar-refractivity contribution in [1.82, 2.24) is 9.55 Å². The van der Waals surface area contributed by atoms with Crippen LogP contribution in [0, 0.1) is 5.92 Å². The van der Waals surface area contributed by atoms with Crippen LogP contribution in [0.2, 0.25) is 0 Å². The van der Waals surface area contributed by atoms with Crippen LogP contribution in [0.1, 0.15) is 11.6 Å². The first-order valence-electron chi connectivity index (χ1n) is 8.38. The number of amides is 1. The van der Waals surface area contributed by atoms with E-state index in [0.717, 1.165) is 11.3 Å². The number of aromatic amines is 1. The second-order valence-corrected chi connectivity index (χ2v) is 6.27. The van der Waals surface area contributed by atoms with Crippen LogP contribution in [-0.2, 0) is 11.3 Å². The molecule has 1 aliphatic rings. The maximum Gasteiger partial charge on any atom is 0.328 e. The summed E-state index contributed by atoms with van der Waals surface area (Å²) in [5.74, 6) is -0.413. The number of aromatic nitrogens is 2. The second kappa shape index (κ2) is 6.48. The number of para-hydroxylation sites is 1. The van der Waals surface area contributed by atoms with E-state index < -0.39 is 11.2 Å². The number of rotatable bonds is 4. The van der Waals surface area contributed by atoms with Gasteiger partial charge in [-0.3, -0.25) is 19.1 Å². The zero-order chi connectivity index (χ0) is 18.1. The monoisotopic (exact) mass is 347 g/mol. The molecular weight excluding hydrogens is 330 g/mol. The van der Waals surface area contributed by atoms with E-state index in [2.05, 4.69) is 4.98 Å². The highest BCUT2D eigenvalue weighted by Crippen LogP contribution is 2.43. The molecule has 0 spiro atoms. The number of nitrogens with zero attached hydrogens (tertiary/aromatic N) is 2. The maximum absolute atomic E-state index is 12.9. The van der Waals surface area contributed by atoms with Crippen molar-refractivity contribution in [2.45, 2.75) is 12.6 Å². The van der Waals surface area contributed by atoms with Crippen molar-refractivity contribution in [3.63, 3.8) is 0 Å². The van der Waals surface area contributed by atoms with Gasteiger partial charge in [0, 0.05) is 24.5 Å². The van der Waals surface area contributed by atoms with E-state index in [9.17, 15) is 14.4 Å². The van der Waals surface area contributed by atoms with Crippen molar-refractivity contribution in [2.75, 3.05) is 4.90 Å². The molecule has 1 saturated heterocycles. The summed E-state index contributed by atoms with van der Waals surface area (Å²) in [6.45, 7) is 0.220. The summed E-state index contributed by atoms with van der Waals surface area (Å²) in [4.78, 5) is 40.1. The summed E-state index contributed by atoms with van der Waals surface area (Å²) in [6.07, 6.45) is 1.43. The Morgan fingerprint density at radius 3 is 2.15 bits per heavy atom. The van der Waals surface area contributed by atoms with Crippen molar-refractivity contribution in [1.29, 1.82) is 0 Å². The van der Waals surface area contributed by atoms with E-state index >= 15 is 0 Å². The van der Waals surface area contributed by atoms with E-state index in [1.807, 2.05) is 60.7 Å². The van der Waals surface area contributed by atoms with Gasteiger partial charge in [-0.05, 0) is 17.7 Å². The number of carbonyl (C=O) groups excluding carboxylic acids is 1. The molecule has 4 rings (SSSR count). The Labute approximate surface area is 149 Å². The lowest BCUT2D eigenvalue weighted by Gasteiger charge is -2.47. The fourth-order valence-electron chi connectivity index (χ4n) is 3.43. The van der Waals surface area contributed by atoms with Gasteiger partial charge in [0.05, 0.1) is 12.0 Å². The molecule has 0 aliphatic carbocycles. The van der Waals surface area contributed by atoms with Crippen molar-refractivity contribution in [2.24, 2.45) is 5.92 Å². The van der Waals surface area contributed by atoms with Crippen LogP contribution in [0.3, 0.4) is 0 Å². The van der Waals surface area contributed by atoms with Gasteiger partial charge in [-0.15, -0.1) is 0 Å². The van der Waals surface area contributed by atoms with E-state index in [-0.39, 0.29) is 24.4 Å². The lowest BCUT2D eigenvalue weighted by Crippen LogP contribution is -2.57. The van der Waals surface area contributed by atoms with Crippen LogP contribution in [0.4, 0.5) is 5.69 Å². The molecule has 1 amide bonds. The third kappa shape index (κ3) is 2.75. The summed E-state index contributed by atoms with van der Waals surface area (Å²) in [5, 5.41) is 0. The van der Waals surface area contributed by atoms with Gasteiger partial charge in [0.1, 0.15) is 0 Å². The molecule has 2 atom stereocenters. The van der Waals surface area contributed by atoms with Crippen LogP contribution in [0.25, 0.3) is 0 Å². The summed E-state index contributed by atoms with van der Waals surface area (Å²) >= 11 is 0. The van der Waals surface area contributed by atoms with Gasteiger partial charge in [-0.25, -0.2) is 4.79 Å². The molecule has 1 aliphatic heterocycles. The number of hydrogen-bond donors (Lipinski definition) is 1. The number of anilines is 1. The van der Waals surface area contributed by atoms with Gasteiger partial charge in [0.25, 0.3) is 5.56 Å². The summed E-state index contributed by atoms with van der Waals surface area (Å²) in [6, 6.07) is 20.4. The van der Waals surface area contributed by atoms with Gasteiger partial charge in [-0.2, -0.15) is 0 Å². The van der Waals surface area contributed by atoms with E-state index in [0.29, 0.717) is 0 Å². The summed E-state index contributed by atoms with van der Waals surface area (Å²) in [7, 11) is 0. The molecule has 0 bridgehead atoms. The molecule has 2 aromatic carbocycles. The molecule has 130 valence electrons. The van der Waals surface area contributed by atoms with Gasteiger partial charge >= 0.3 is 5.69 Å². The predicted octanol–water partition coefficient (Wildman–Crippen LogP) is 1.94. The smallest absolute Gasteiger partial charge is 0.304 e. The van der Waals surface area contributed by atoms with Gasteiger partial charge in [0.2, 0.25) is 5.91 Å². The maximum atomic E-state index is 12.9. The SMILES string of the molecule is O=C1[C@H](Cn2ccc(=O)[nH]c2=O)[C@@H](c2ccccc2)N1c1ccccc1. The Hall–Kier alpha value is -3.41. The van der Waals surface area contributed by atoms with Gasteiger partial charge in [0.15, 0.2) is 0 Å². The quantitative estimate of drug-likeness (QED) is 0.733.